The van der Waals surface area contributed by atoms with Gasteiger partial charge in [0, 0.05) is 13.1 Å². The van der Waals surface area contributed by atoms with Crippen LogP contribution in [0.4, 0.5) is 17.5 Å². The van der Waals surface area contributed by atoms with Gasteiger partial charge in [-0.05, 0) is 6.92 Å². The summed E-state index contributed by atoms with van der Waals surface area (Å²) in [6, 6.07) is 0. The molecular weight excluding hydrogens is 268 g/mol. The fourth-order valence-corrected chi connectivity index (χ4v) is 2.07. The largest absolute Gasteiger partial charge is 0.394 e. The summed E-state index contributed by atoms with van der Waals surface area (Å²) in [4.78, 5) is 20.4. The first kappa shape index (κ1) is 14.4. The van der Waals surface area contributed by atoms with Crippen LogP contribution in [-0.4, -0.2) is 52.4 Å². The van der Waals surface area contributed by atoms with Crippen molar-refractivity contribution in [3.8, 4) is 0 Å². The highest BCUT2D eigenvalue weighted by atomic mass is 16.6. The molecule has 1 aliphatic rings. The molecule has 4 N–H and O–H groups in total. The molecule has 0 spiro atoms. The first-order valence-electron chi connectivity index (χ1n) is 6.04. The van der Waals surface area contributed by atoms with Crippen molar-refractivity contribution in [1.82, 2.24) is 9.97 Å². The molecule has 0 radical (unpaired) electrons. The van der Waals surface area contributed by atoms with E-state index in [-0.39, 0.29) is 29.8 Å². The maximum atomic E-state index is 11.2. The first-order chi connectivity index (χ1) is 9.56. The number of anilines is 2. The minimum atomic E-state index is -0.519. The molecule has 20 heavy (non-hydrogen) atoms. The van der Waals surface area contributed by atoms with Crippen LogP contribution in [0.5, 0.6) is 0 Å². The molecule has 10 nitrogen and oxygen atoms in total. The summed E-state index contributed by atoms with van der Waals surface area (Å²) in [5.74, 6) is 5.55. The van der Waals surface area contributed by atoms with Crippen LogP contribution in [0.15, 0.2) is 0 Å². The van der Waals surface area contributed by atoms with Gasteiger partial charge < -0.3 is 14.7 Å². The molecule has 1 aliphatic heterocycles. The Labute approximate surface area is 114 Å². The fourth-order valence-electron chi connectivity index (χ4n) is 2.07. The Morgan fingerprint density at radius 3 is 3.00 bits per heavy atom. The van der Waals surface area contributed by atoms with Crippen molar-refractivity contribution in [2.45, 2.75) is 13.0 Å². The molecular formula is C10H16N6O4. The number of morpholine rings is 1. The average molecular weight is 284 g/mol. The Balaban J connectivity index is 2.42. The van der Waals surface area contributed by atoms with Crippen molar-refractivity contribution in [2.75, 3.05) is 36.6 Å². The molecule has 0 saturated carbocycles. The van der Waals surface area contributed by atoms with Crippen molar-refractivity contribution >= 4 is 17.5 Å². The van der Waals surface area contributed by atoms with Crippen molar-refractivity contribution < 1.29 is 14.8 Å². The fraction of sp³-hybridized carbons (Fsp3) is 0.600. The Morgan fingerprint density at radius 2 is 2.40 bits per heavy atom. The Morgan fingerprint density at radius 1 is 1.65 bits per heavy atom. The van der Waals surface area contributed by atoms with E-state index < -0.39 is 11.0 Å². The van der Waals surface area contributed by atoms with Gasteiger partial charge in [-0.2, -0.15) is 4.98 Å². The average Bonchev–Trinajstić information content (AvgIpc) is 2.45. The number of nitrogen functional groups attached to an aromatic ring is 1. The normalized spacial score (nSPS) is 18.9. The number of ether oxygens (including phenoxy) is 1. The number of aromatic nitrogens is 2. The second-order valence-corrected chi connectivity index (χ2v) is 4.33. The van der Waals surface area contributed by atoms with E-state index in [0.29, 0.717) is 19.7 Å². The second kappa shape index (κ2) is 5.94. The number of nitrogens with zero attached hydrogens (tertiary/aromatic N) is 4. The standard InChI is InChI=1S/C10H16N6O4/c1-6-8(16(18)19)9(13-10(12-6)14-11)15-2-3-20-7(4-15)5-17/h7,17H,2-5,11H2,1H3,(H,12,13,14). The molecule has 1 aromatic heterocycles. The minimum Gasteiger partial charge on any atom is -0.394 e. The van der Waals surface area contributed by atoms with Crippen LogP contribution in [0.1, 0.15) is 5.69 Å². The van der Waals surface area contributed by atoms with E-state index >= 15 is 0 Å². The summed E-state index contributed by atoms with van der Waals surface area (Å²) < 4.78 is 5.32. The zero-order valence-electron chi connectivity index (χ0n) is 10.9. The Kier molecular flexibility index (Phi) is 4.27. The van der Waals surface area contributed by atoms with E-state index in [4.69, 9.17) is 15.7 Å². The summed E-state index contributed by atoms with van der Waals surface area (Å²) in [5.41, 5.74) is 2.34. The Hall–Kier alpha value is -2.04. The minimum absolute atomic E-state index is 0.107. The zero-order valence-corrected chi connectivity index (χ0v) is 10.9. The van der Waals surface area contributed by atoms with E-state index in [1.807, 2.05) is 0 Å². The number of hydrogen-bond acceptors (Lipinski definition) is 9. The summed E-state index contributed by atoms with van der Waals surface area (Å²) in [6.07, 6.45) is -0.395. The first-order valence-corrected chi connectivity index (χ1v) is 6.04. The summed E-state index contributed by atoms with van der Waals surface area (Å²) in [5, 5.41) is 20.3. The highest BCUT2D eigenvalue weighted by molar-refractivity contribution is 5.62. The summed E-state index contributed by atoms with van der Waals surface area (Å²) in [7, 11) is 0. The van der Waals surface area contributed by atoms with Crippen LogP contribution in [0, 0.1) is 17.0 Å². The SMILES string of the molecule is Cc1nc(NN)nc(N2CCOC(CO)C2)c1[N+](=O)[O-]. The molecule has 2 heterocycles. The highest BCUT2D eigenvalue weighted by Gasteiger charge is 2.30. The number of nitrogens with one attached hydrogen (secondary N) is 1. The quantitative estimate of drug-likeness (QED) is 0.367. The van der Waals surface area contributed by atoms with Crippen LogP contribution < -0.4 is 16.2 Å². The third kappa shape index (κ3) is 2.76. The number of aryl methyl sites for hydroxylation is 1. The van der Waals surface area contributed by atoms with E-state index in [0.717, 1.165) is 0 Å². The summed E-state index contributed by atoms with van der Waals surface area (Å²) in [6.45, 7) is 2.48. The van der Waals surface area contributed by atoms with Gasteiger partial charge in [-0.15, -0.1) is 0 Å². The van der Waals surface area contributed by atoms with Gasteiger partial charge in [-0.3, -0.25) is 15.5 Å². The molecule has 0 amide bonds. The van der Waals surface area contributed by atoms with Gasteiger partial charge in [-0.25, -0.2) is 10.8 Å². The molecule has 0 aliphatic carbocycles. The third-order valence-electron chi connectivity index (χ3n) is 2.99. The van der Waals surface area contributed by atoms with E-state index in [1.165, 1.54) is 6.92 Å². The number of hydrazine groups is 1. The number of aliphatic hydroxyl groups excluding tert-OH is 1. The van der Waals surface area contributed by atoms with Gasteiger partial charge >= 0.3 is 5.69 Å². The van der Waals surface area contributed by atoms with Gasteiger partial charge in [0.15, 0.2) is 0 Å². The van der Waals surface area contributed by atoms with E-state index in [2.05, 4.69) is 15.4 Å². The van der Waals surface area contributed by atoms with Crippen LogP contribution in [0.3, 0.4) is 0 Å². The lowest BCUT2D eigenvalue weighted by atomic mass is 10.2. The Bertz CT molecular complexity index is 511. The van der Waals surface area contributed by atoms with Crippen LogP contribution >= 0.6 is 0 Å². The van der Waals surface area contributed by atoms with Crippen molar-refractivity contribution in [1.29, 1.82) is 0 Å². The number of hydrogen-bond donors (Lipinski definition) is 3. The lowest BCUT2D eigenvalue weighted by Crippen LogP contribution is -2.44. The van der Waals surface area contributed by atoms with Crippen LogP contribution in [0.25, 0.3) is 0 Å². The summed E-state index contributed by atoms with van der Waals surface area (Å²) >= 11 is 0. The van der Waals surface area contributed by atoms with E-state index in [9.17, 15) is 10.1 Å². The van der Waals surface area contributed by atoms with Crippen molar-refractivity contribution in [2.24, 2.45) is 5.84 Å². The molecule has 0 aromatic carbocycles. The third-order valence-corrected chi connectivity index (χ3v) is 2.99. The maximum absolute atomic E-state index is 11.2. The number of rotatable bonds is 4. The maximum Gasteiger partial charge on any atom is 0.332 e. The monoisotopic (exact) mass is 284 g/mol. The van der Waals surface area contributed by atoms with Gasteiger partial charge in [0.1, 0.15) is 5.69 Å². The highest BCUT2D eigenvalue weighted by Crippen LogP contribution is 2.30. The predicted molar refractivity (Wildman–Crippen MR) is 70.3 cm³/mol. The van der Waals surface area contributed by atoms with Gasteiger partial charge in [0.05, 0.1) is 24.2 Å². The lowest BCUT2D eigenvalue weighted by Gasteiger charge is -2.32. The number of nitrogens with two attached hydrogens (primary N) is 1. The molecule has 1 aromatic rings. The van der Waals surface area contributed by atoms with Crippen molar-refractivity contribution in [3.63, 3.8) is 0 Å². The van der Waals surface area contributed by atoms with Crippen LogP contribution in [-0.2, 0) is 4.74 Å². The molecule has 1 fully saturated rings. The molecule has 110 valence electrons. The number of nitro groups is 1. The van der Waals surface area contributed by atoms with Crippen LogP contribution in [0.2, 0.25) is 0 Å². The van der Waals surface area contributed by atoms with Crippen molar-refractivity contribution in [3.05, 3.63) is 15.8 Å². The van der Waals surface area contributed by atoms with Gasteiger partial charge in [-0.1, -0.05) is 0 Å². The number of aliphatic hydroxyl groups is 1. The van der Waals surface area contributed by atoms with Gasteiger partial charge in [0.2, 0.25) is 11.8 Å². The van der Waals surface area contributed by atoms with E-state index in [1.54, 1.807) is 4.90 Å². The second-order valence-electron chi connectivity index (χ2n) is 4.33. The van der Waals surface area contributed by atoms with Gasteiger partial charge in [0.25, 0.3) is 0 Å². The molecule has 1 atom stereocenters. The molecule has 10 heteroatoms. The molecule has 1 unspecified atom stereocenters. The smallest absolute Gasteiger partial charge is 0.332 e. The lowest BCUT2D eigenvalue weighted by molar-refractivity contribution is -0.385. The molecule has 1 saturated heterocycles. The predicted octanol–water partition coefficient (Wildman–Crippen LogP) is -0.824. The molecule has 0 bridgehead atoms. The zero-order chi connectivity index (χ0) is 14.7. The topological polar surface area (TPSA) is 140 Å². The molecule has 2 rings (SSSR count).